The van der Waals surface area contributed by atoms with Crippen LogP contribution < -0.4 is 20.6 Å². The number of hydrogen-bond donors (Lipinski definition) is 0. The van der Waals surface area contributed by atoms with Crippen LogP contribution in [0.1, 0.15) is 104 Å². The molecule has 8 aromatic rings. The van der Waals surface area contributed by atoms with Crippen molar-refractivity contribution in [2.75, 3.05) is 9.71 Å². The second kappa shape index (κ2) is 14.7. The number of anilines is 5. The van der Waals surface area contributed by atoms with Gasteiger partial charge in [-0.15, -0.1) is 0 Å². The van der Waals surface area contributed by atoms with Crippen LogP contribution in [0, 0.1) is 0 Å². The van der Waals surface area contributed by atoms with Gasteiger partial charge in [-0.3, -0.25) is 0 Å². The maximum Gasteiger partial charge on any atom is 0.333 e. The van der Waals surface area contributed by atoms with E-state index in [1.807, 2.05) is 0 Å². The van der Waals surface area contributed by atoms with Crippen LogP contribution in [0.2, 0.25) is 0 Å². The van der Waals surface area contributed by atoms with Crippen molar-refractivity contribution in [3.05, 3.63) is 198 Å². The van der Waals surface area contributed by atoms with E-state index in [4.69, 9.17) is 0 Å². The molecule has 0 fully saturated rings. The van der Waals surface area contributed by atoms with Gasteiger partial charge in [-0.2, -0.15) is 0 Å². The lowest BCUT2D eigenvalue weighted by atomic mass is 9.42. The highest BCUT2D eigenvalue weighted by atomic mass is 15.2. The molecule has 8 aromatic carbocycles. The molecule has 0 radical (unpaired) electrons. The van der Waals surface area contributed by atoms with Gasteiger partial charge in [0.25, 0.3) is 0 Å². The summed E-state index contributed by atoms with van der Waals surface area (Å²) in [6, 6.07) is 65.1. The standard InChI is InChI=1S/C63H61BN2/c1-60(2,3)43-27-30-46(31-28-43)66-55-34-26-42(40-20-14-12-15-21-40)36-50(55)51-38-45(62(7,8)9)39-56-58(51)64(66)53-33-32-48-47-24-18-19-25-52(47)63(10,11)57(48)59(53)65(56)54-35-29-44(61(4,5)6)37-49(54)41-22-16-13-17-23-41/h12-39H,1-11H3. The normalized spacial score (nSPS) is 14.6. The van der Waals surface area contributed by atoms with Crippen LogP contribution in [0.25, 0.3) is 44.5 Å². The fourth-order valence-electron chi connectivity index (χ4n) is 11.3. The predicted octanol–water partition coefficient (Wildman–Crippen LogP) is 15.9. The molecule has 0 N–H and O–H groups in total. The van der Waals surface area contributed by atoms with E-state index in [0.29, 0.717) is 0 Å². The molecule has 3 heteroatoms. The van der Waals surface area contributed by atoms with Gasteiger partial charge >= 0.3 is 6.85 Å². The van der Waals surface area contributed by atoms with Crippen LogP contribution in [0.15, 0.2) is 170 Å². The number of fused-ring (bicyclic) bond motifs is 8. The fourth-order valence-corrected chi connectivity index (χ4v) is 11.3. The Morgan fingerprint density at radius 1 is 0.409 bits per heavy atom. The zero-order valence-corrected chi connectivity index (χ0v) is 40.6. The van der Waals surface area contributed by atoms with E-state index >= 15 is 0 Å². The van der Waals surface area contributed by atoms with Crippen LogP contribution in [0.5, 0.6) is 0 Å². The zero-order valence-electron chi connectivity index (χ0n) is 40.6. The molecule has 2 nitrogen and oxygen atoms in total. The minimum absolute atomic E-state index is 0.0319. The Bertz CT molecular complexity index is 3210. The quantitative estimate of drug-likeness (QED) is 0.163. The molecule has 0 atom stereocenters. The van der Waals surface area contributed by atoms with Crippen LogP contribution in [-0.2, 0) is 21.7 Å². The maximum absolute atomic E-state index is 2.72. The van der Waals surface area contributed by atoms with Gasteiger partial charge in [-0.1, -0.05) is 204 Å². The summed E-state index contributed by atoms with van der Waals surface area (Å²) in [4.78, 5) is 5.39. The lowest BCUT2D eigenvalue weighted by Gasteiger charge is -2.48. The van der Waals surface area contributed by atoms with E-state index in [2.05, 4.69) is 256 Å². The van der Waals surface area contributed by atoms with Gasteiger partial charge < -0.3 is 9.71 Å². The van der Waals surface area contributed by atoms with Crippen LogP contribution in [0.4, 0.5) is 28.4 Å². The summed E-state index contributed by atoms with van der Waals surface area (Å²) >= 11 is 0. The van der Waals surface area contributed by atoms with Gasteiger partial charge in [-0.25, -0.2) is 0 Å². The third kappa shape index (κ3) is 6.52. The molecule has 0 saturated carbocycles. The number of rotatable bonds is 4. The van der Waals surface area contributed by atoms with Crippen molar-refractivity contribution in [3.63, 3.8) is 0 Å². The summed E-state index contributed by atoms with van der Waals surface area (Å²) < 4.78 is 0. The number of hydrogen-bond acceptors (Lipinski definition) is 2. The van der Waals surface area contributed by atoms with Crippen molar-refractivity contribution in [1.82, 2.24) is 0 Å². The van der Waals surface area contributed by atoms with Gasteiger partial charge in [0.2, 0.25) is 0 Å². The number of benzene rings is 8. The molecule has 3 aliphatic rings. The zero-order chi connectivity index (χ0) is 46.1. The van der Waals surface area contributed by atoms with E-state index in [9.17, 15) is 0 Å². The molecule has 11 rings (SSSR count). The predicted molar refractivity (Wildman–Crippen MR) is 285 cm³/mol. The van der Waals surface area contributed by atoms with E-state index in [0.717, 1.165) is 0 Å². The lowest BCUT2D eigenvalue weighted by Crippen LogP contribution is -2.62. The Balaban J connectivity index is 1.31. The Labute approximate surface area is 394 Å². The van der Waals surface area contributed by atoms with E-state index in [-0.39, 0.29) is 28.5 Å². The molecule has 2 aliphatic heterocycles. The molecule has 66 heavy (non-hydrogen) atoms. The minimum Gasteiger partial charge on any atom is -0.376 e. The van der Waals surface area contributed by atoms with Crippen molar-refractivity contribution in [2.45, 2.75) is 97.8 Å². The Morgan fingerprint density at radius 3 is 1.67 bits per heavy atom. The highest BCUT2D eigenvalue weighted by molar-refractivity contribution is 6.93. The lowest BCUT2D eigenvalue weighted by molar-refractivity contribution is 0.590. The molecule has 0 bridgehead atoms. The Kier molecular flexibility index (Phi) is 9.38. The SMILES string of the molecule is CC(C)(C)c1ccc(N2B3c4ccc5c(c4N(c4ccc(C(C)(C)C)cc4-c4ccccc4)c4cc(C(C)(C)C)cc(c43)-c3cc(-c4ccccc4)ccc32)C(C)(C)c2ccccc2-5)cc1. The second-order valence-electron chi connectivity index (χ2n) is 22.7. The maximum atomic E-state index is 2.72. The minimum atomic E-state index is -0.272. The van der Waals surface area contributed by atoms with E-state index in [1.54, 1.807) is 0 Å². The molecular weight excluding hydrogens is 796 g/mol. The number of nitrogens with zero attached hydrogens (tertiary/aromatic N) is 2. The summed E-state index contributed by atoms with van der Waals surface area (Å²) in [7, 11) is 0. The van der Waals surface area contributed by atoms with Gasteiger partial charge in [0.15, 0.2) is 0 Å². The molecule has 2 heterocycles. The molecule has 0 spiro atoms. The van der Waals surface area contributed by atoms with E-state index in [1.165, 1.54) is 112 Å². The average molecular weight is 857 g/mol. The second-order valence-corrected chi connectivity index (χ2v) is 22.7. The van der Waals surface area contributed by atoms with Crippen molar-refractivity contribution in [3.8, 4) is 44.5 Å². The Morgan fingerprint density at radius 2 is 1.00 bits per heavy atom. The largest absolute Gasteiger partial charge is 0.376 e. The van der Waals surface area contributed by atoms with Gasteiger partial charge in [0.1, 0.15) is 0 Å². The fraction of sp³-hybridized carbons (Fsp3) is 0.238. The summed E-state index contributed by atoms with van der Waals surface area (Å²) in [6.45, 7) is 25.8. The summed E-state index contributed by atoms with van der Waals surface area (Å²) in [5, 5.41) is 0. The first-order valence-electron chi connectivity index (χ1n) is 24.0. The molecular formula is C63H61BN2. The topological polar surface area (TPSA) is 6.48 Å². The summed E-state index contributed by atoms with van der Waals surface area (Å²) in [5.74, 6) is 0. The van der Waals surface area contributed by atoms with E-state index < -0.39 is 0 Å². The molecule has 326 valence electrons. The van der Waals surface area contributed by atoms with Crippen molar-refractivity contribution in [1.29, 1.82) is 0 Å². The summed E-state index contributed by atoms with van der Waals surface area (Å²) in [6.07, 6.45) is 0. The molecule has 0 amide bonds. The average Bonchev–Trinajstić information content (AvgIpc) is 3.54. The van der Waals surface area contributed by atoms with Gasteiger partial charge in [0, 0.05) is 39.3 Å². The Hall–Kier alpha value is -6.58. The smallest absolute Gasteiger partial charge is 0.333 e. The van der Waals surface area contributed by atoms with Crippen molar-refractivity contribution < 1.29 is 0 Å². The molecule has 0 aromatic heterocycles. The van der Waals surface area contributed by atoms with Crippen LogP contribution in [0.3, 0.4) is 0 Å². The van der Waals surface area contributed by atoms with Crippen molar-refractivity contribution >= 4 is 46.2 Å². The first-order chi connectivity index (χ1) is 31.4. The molecule has 0 saturated heterocycles. The van der Waals surface area contributed by atoms with Crippen LogP contribution in [-0.4, -0.2) is 6.85 Å². The first kappa shape index (κ1) is 42.1. The van der Waals surface area contributed by atoms with Gasteiger partial charge in [0.05, 0.1) is 5.69 Å². The highest BCUT2D eigenvalue weighted by Crippen LogP contribution is 2.57. The third-order valence-electron chi connectivity index (χ3n) is 14.9. The van der Waals surface area contributed by atoms with Gasteiger partial charge in [-0.05, 0) is 131 Å². The van der Waals surface area contributed by atoms with Crippen molar-refractivity contribution in [2.24, 2.45) is 0 Å². The van der Waals surface area contributed by atoms with Crippen LogP contribution >= 0.6 is 0 Å². The first-order valence-corrected chi connectivity index (χ1v) is 24.0. The molecule has 0 unspecified atom stereocenters. The molecule has 1 aliphatic carbocycles. The summed E-state index contributed by atoms with van der Waals surface area (Å²) in [5.41, 5.74) is 25.3. The monoisotopic (exact) mass is 856 g/mol. The highest BCUT2D eigenvalue weighted by Gasteiger charge is 2.50. The third-order valence-corrected chi connectivity index (χ3v) is 14.9.